The van der Waals surface area contributed by atoms with Crippen LogP contribution in [0.2, 0.25) is 0 Å². The van der Waals surface area contributed by atoms with Gasteiger partial charge < -0.3 is 10.1 Å². The van der Waals surface area contributed by atoms with Crippen molar-refractivity contribution in [3.05, 3.63) is 16.6 Å². The second kappa shape index (κ2) is 7.36. The minimum atomic E-state index is 0.0845. The Morgan fingerprint density at radius 3 is 3.20 bits per heavy atom. The standard InChI is InChI=1S/C10H16N2O2S/c1-14-7-2-5-11-9(13)3-4-10-12-6-8-15-10/h6,8H,2-5,7H2,1H3,(H,11,13). The molecular formula is C10H16N2O2S. The highest BCUT2D eigenvalue weighted by atomic mass is 32.1. The topological polar surface area (TPSA) is 51.2 Å². The van der Waals surface area contributed by atoms with Gasteiger partial charge in [0.1, 0.15) is 0 Å². The summed E-state index contributed by atoms with van der Waals surface area (Å²) >= 11 is 1.59. The van der Waals surface area contributed by atoms with Gasteiger partial charge in [-0.25, -0.2) is 4.98 Å². The maximum absolute atomic E-state index is 11.3. The molecule has 84 valence electrons. The molecule has 1 aromatic rings. The maximum Gasteiger partial charge on any atom is 0.220 e. The van der Waals surface area contributed by atoms with Crippen LogP contribution in [0.5, 0.6) is 0 Å². The van der Waals surface area contributed by atoms with Crippen LogP contribution in [0.15, 0.2) is 11.6 Å². The molecule has 1 N–H and O–H groups in total. The fraction of sp³-hybridized carbons (Fsp3) is 0.600. The van der Waals surface area contributed by atoms with E-state index in [1.807, 2.05) is 5.38 Å². The fourth-order valence-electron chi connectivity index (χ4n) is 1.13. The Labute approximate surface area is 93.7 Å². The Balaban J connectivity index is 2.04. The zero-order valence-corrected chi connectivity index (χ0v) is 9.68. The summed E-state index contributed by atoms with van der Waals surface area (Å²) in [5.41, 5.74) is 0. The van der Waals surface area contributed by atoms with Gasteiger partial charge in [0.25, 0.3) is 0 Å². The average Bonchev–Trinajstić information content (AvgIpc) is 2.74. The molecule has 5 heteroatoms. The van der Waals surface area contributed by atoms with Crippen LogP contribution in [0, 0.1) is 0 Å². The lowest BCUT2D eigenvalue weighted by atomic mass is 10.3. The Bertz CT molecular complexity index is 275. The summed E-state index contributed by atoms with van der Waals surface area (Å²) in [6.07, 6.45) is 3.87. The van der Waals surface area contributed by atoms with E-state index < -0.39 is 0 Å². The molecule has 0 saturated carbocycles. The predicted octanol–water partition coefficient (Wildman–Crippen LogP) is 1.23. The third-order valence-corrected chi connectivity index (χ3v) is 2.74. The van der Waals surface area contributed by atoms with E-state index in [0.717, 1.165) is 17.8 Å². The Hall–Kier alpha value is -0.940. The molecular weight excluding hydrogens is 212 g/mol. The molecule has 0 aromatic carbocycles. The molecule has 0 spiro atoms. The minimum absolute atomic E-state index is 0.0845. The molecule has 1 amide bonds. The molecule has 1 heterocycles. The van der Waals surface area contributed by atoms with Crippen molar-refractivity contribution in [2.75, 3.05) is 20.3 Å². The van der Waals surface area contributed by atoms with Crippen LogP contribution >= 0.6 is 11.3 Å². The molecule has 4 nitrogen and oxygen atoms in total. The molecule has 0 aliphatic carbocycles. The number of carbonyl (C=O) groups excluding carboxylic acids is 1. The Kier molecular flexibility index (Phi) is 5.96. The molecule has 0 aliphatic heterocycles. The molecule has 0 atom stereocenters. The van der Waals surface area contributed by atoms with E-state index in [1.165, 1.54) is 0 Å². The second-order valence-electron chi connectivity index (χ2n) is 3.12. The first-order chi connectivity index (χ1) is 7.33. The van der Waals surface area contributed by atoms with Crippen LogP contribution in [-0.2, 0) is 16.0 Å². The van der Waals surface area contributed by atoms with Crippen LogP contribution in [-0.4, -0.2) is 31.2 Å². The third kappa shape index (κ3) is 5.49. The molecule has 0 radical (unpaired) electrons. The van der Waals surface area contributed by atoms with Gasteiger partial charge in [0.15, 0.2) is 0 Å². The minimum Gasteiger partial charge on any atom is -0.385 e. The van der Waals surface area contributed by atoms with Crippen LogP contribution < -0.4 is 5.32 Å². The van der Waals surface area contributed by atoms with Crippen molar-refractivity contribution in [3.8, 4) is 0 Å². The number of hydrogen-bond acceptors (Lipinski definition) is 4. The molecule has 1 aromatic heterocycles. The van der Waals surface area contributed by atoms with Gasteiger partial charge in [-0.1, -0.05) is 0 Å². The predicted molar refractivity (Wildman–Crippen MR) is 59.9 cm³/mol. The third-order valence-electron chi connectivity index (χ3n) is 1.90. The Morgan fingerprint density at radius 1 is 1.67 bits per heavy atom. The van der Waals surface area contributed by atoms with E-state index in [4.69, 9.17) is 4.74 Å². The first kappa shape index (κ1) is 12.1. The van der Waals surface area contributed by atoms with Gasteiger partial charge in [0, 0.05) is 44.7 Å². The number of thiazole rings is 1. The van der Waals surface area contributed by atoms with Crippen molar-refractivity contribution < 1.29 is 9.53 Å². The Morgan fingerprint density at radius 2 is 2.53 bits per heavy atom. The molecule has 0 aliphatic rings. The van der Waals surface area contributed by atoms with Crippen LogP contribution in [0.4, 0.5) is 0 Å². The molecule has 0 fully saturated rings. The van der Waals surface area contributed by atoms with Crippen molar-refractivity contribution in [2.24, 2.45) is 0 Å². The highest BCUT2D eigenvalue weighted by molar-refractivity contribution is 7.09. The van der Waals surface area contributed by atoms with E-state index >= 15 is 0 Å². The number of amides is 1. The first-order valence-corrected chi connectivity index (χ1v) is 5.85. The summed E-state index contributed by atoms with van der Waals surface area (Å²) in [5.74, 6) is 0.0845. The second-order valence-corrected chi connectivity index (χ2v) is 4.10. The van der Waals surface area contributed by atoms with Gasteiger partial charge in [-0.2, -0.15) is 0 Å². The van der Waals surface area contributed by atoms with Gasteiger partial charge in [0.2, 0.25) is 5.91 Å². The summed E-state index contributed by atoms with van der Waals surface area (Å²) in [5, 5.41) is 5.78. The summed E-state index contributed by atoms with van der Waals surface area (Å²) in [6, 6.07) is 0. The molecule has 0 bridgehead atoms. The van der Waals surface area contributed by atoms with Gasteiger partial charge in [-0.3, -0.25) is 4.79 Å². The number of aryl methyl sites for hydroxylation is 1. The SMILES string of the molecule is COCCCNC(=O)CCc1nccs1. The number of methoxy groups -OCH3 is 1. The van der Waals surface area contributed by atoms with E-state index in [0.29, 0.717) is 19.6 Å². The van der Waals surface area contributed by atoms with Gasteiger partial charge in [-0.15, -0.1) is 11.3 Å². The molecule has 0 saturated heterocycles. The number of hydrogen-bond donors (Lipinski definition) is 1. The van der Waals surface area contributed by atoms with E-state index in [2.05, 4.69) is 10.3 Å². The highest BCUT2D eigenvalue weighted by Gasteiger charge is 2.02. The number of carbonyl (C=O) groups is 1. The van der Waals surface area contributed by atoms with Gasteiger partial charge >= 0.3 is 0 Å². The number of aromatic nitrogens is 1. The lowest BCUT2D eigenvalue weighted by Crippen LogP contribution is -2.25. The number of nitrogens with zero attached hydrogens (tertiary/aromatic N) is 1. The normalized spacial score (nSPS) is 10.2. The smallest absolute Gasteiger partial charge is 0.220 e. The highest BCUT2D eigenvalue weighted by Crippen LogP contribution is 2.06. The van der Waals surface area contributed by atoms with Crippen molar-refractivity contribution >= 4 is 17.2 Å². The van der Waals surface area contributed by atoms with E-state index in [1.54, 1.807) is 24.6 Å². The van der Waals surface area contributed by atoms with Crippen LogP contribution in [0.25, 0.3) is 0 Å². The zero-order chi connectivity index (χ0) is 10.9. The van der Waals surface area contributed by atoms with Gasteiger partial charge in [0.05, 0.1) is 5.01 Å². The van der Waals surface area contributed by atoms with Gasteiger partial charge in [-0.05, 0) is 6.42 Å². The summed E-state index contributed by atoms with van der Waals surface area (Å²) in [7, 11) is 1.66. The lowest BCUT2D eigenvalue weighted by Gasteiger charge is -2.03. The maximum atomic E-state index is 11.3. The fourth-order valence-corrected chi connectivity index (χ4v) is 1.75. The number of nitrogens with one attached hydrogen (secondary N) is 1. The van der Waals surface area contributed by atoms with Crippen molar-refractivity contribution in [1.82, 2.24) is 10.3 Å². The largest absolute Gasteiger partial charge is 0.385 e. The summed E-state index contributed by atoms with van der Waals surface area (Å²) in [4.78, 5) is 15.4. The van der Waals surface area contributed by atoms with Crippen LogP contribution in [0.1, 0.15) is 17.8 Å². The number of ether oxygens (including phenoxy) is 1. The summed E-state index contributed by atoms with van der Waals surface area (Å²) < 4.78 is 4.88. The van der Waals surface area contributed by atoms with E-state index in [9.17, 15) is 4.79 Å². The van der Waals surface area contributed by atoms with Crippen molar-refractivity contribution in [3.63, 3.8) is 0 Å². The zero-order valence-electron chi connectivity index (χ0n) is 8.86. The first-order valence-electron chi connectivity index (χ1n) is 4.97. The monoisotopic (exact) mass is 228 g/mol. The van der Waals surface area contributed by atoms with Crippen molar-refractivity contribution in [2.45, 2.75) is 19.3 Å². The average molecular weight is 228 g/mol. The van der Waals surface area contributed by atoms with Crippen LogP contribution in [0.3, 0.4) is 0 Å². The molecule has 1 rings (SSSR count). The van der Waals surface area contributed by atoms with Crippen molar-refractivity contribution in [1.29, 1.82) is 0 Å². The lowest BCUT2D eigenvalue weighted by molar-refractivity contribution is -0.121. The summed E-state index contributed by atoms with van der Waals surface area (Å²) in [6.45, 7) is 1.37. The molecule has 15 heavy (non-hydrogen) atoms. The molecule has 0 unspecified atom stereocenters. The number of rotatable bonds is 7. The van der Waals surface area contributed by atoms with E-state index in [-0.39, 0.29) is 5.91 Å². The quantitative estimate of drug-likeness (QED) is 0.714.